The first-order valence-electron chi connectivity index (χ1n) is 9.71. The number of H-pyrrole nitrogens is 1. The molecule has 0 bridgehead atoms. The van der Waals surface area contributed by atoms with Gasteiger partial charge in [0, 0.05) is 46.7 Å². The van der Waals surface area contributed by atoms with Gasteiger partial charge in [-0.3, -0.25) is 4.79 Å². The minimum atomic E-state index is -0.887. The number of nitrogens with one attached hydrogen (secondary N) is 3. The normalized spacial score (nSPS) is 12.2. The van der Waals surface area contributed by atoms with Gasteiger partial charge in [-0.2, -0.15) is 0 Å². The molecule has 1 unspecified atom stereocenters. The average Bonchev–Trinajstić information content (AvgIpc) is 3.12. The first-order chi connectivity index (χ1) is 14.7. The SMILES string of the molecule is O=CNc1ccc(O)cc1C(O)CNCCOc1ccc2c(c1)[nH]c1ccccc12. The van der Waals surface area contributed by atoms with Gasteiger partial charge in [-0.05, 0) is 36.4 Å². The Kier molecular flexibility index (Phi) is 5.83. The highest BCUT2D eigenvalue weighted by atomic mass is 16.5. The number of carbonyl (C=O) groups excluding carboxylic acids is 1. The molecule has 1 amide bonds. The van der Waals surface area contributed by atoms with Crippen LogP contribution in [0.25, 0.3) is 21.8 Å². The van der Waals surface area contributed by atoms with Crippen molar-refractivity contribution in [3.05, 3.63) is 66.2 Å². The molecule has 0 aliphatic carbocycles. The molecule has 0 fully saturated rings. The van der Waals surface area contributed by atoms with E-state index in [-0.39, 0.29) is 12.3 Å². The van der Waals surface area contributed by atoms with E-state index in [0.717, 1.165) is 22.2 Å². The van der Waals surface area contributed by atoms with Crippen molar-refractivity contribution in [3.8, 4) is 11.5 Å². The lowest BCUT2D eigenvalue weighted by molar-refractivity contribution is -0.105. The number of amides is 1. The van der Waals surface area contributed by atoms with Crippen LogP contribution < -0.4 is 15.4 Å². The number of aromatic amines is 1. The van der Waals surface area contributed by atoms with Crippen LogP contribution in [-0.2, 0) is 4.79 Å². The zero-order valence-corrected chi connectivity index (χ0v) is 16.3. The number of aliphatic hydroxyl groups excluding tert-OH is 1. The predicted octanol–water partition coefficient (Wildman–Crippen LogP) is 3.30. The van der Waals surface area contributed by atoms with Crippen LogP contribution >= 0.6 is 0 Å². The Hall–Kier alpha value is -3.55. The van der Waals surface area contributed by atoms with Crippen LogP contribution in [0.4, 0.5) is 5.69 Å². The molecule has 4 aromatic rings. The molecule has 1 atom stereocenters. The minimum Gasteiger partial charge on any atom is -0.508 e. The van der Waals surface area contributed by atoms with Crippen molar-refractivity contribution in [2.75, 3.05) is 25.0 Å². The number of aliphatic hydroxyl groups is 1. The smallest absolute Gasteiger partial charge is 0.211 e. The Morgan fingerprint density at radius 1 is 1.03 bits per heavy atom. The van der Waals surface area contributed by atoms with Crippen LogP contribution in [-0.4, -0.2) is 41.3 Å². The fraction of sp³-hybridized carbons (Fsp3) is 0.174. The number of hydrogen-bond donors (Lipinski definition) is 5. The Morgan fingerprint density at radius 2 is 1.87 bits per heavy atom. The number of aromatic hydroxyl groups is 1. The first kappa shape index (κ1) is 19.8. The zero-order chi connectivity index (χ0) is 20.9. The van der Waals surface area contributed by atoms with Gasteiger partial charge in [-0.25, -0.2) is 0 Å². The van der Waals surface area contributed by atoms with E-state index in [0.29, 0.717) is 30.8 Å². The summed E-state index contributed by atoms with van der Waals surface area (Å²) in [5.74, 6) is 0.790. The molecule has 1 heterocycles. The zero-order valence-electron chi connectivity index (χ0n) is 16.3. The number of anilines is 1. The van der Waals surface area contributed by atoms with Gasteiger partial charge < -0.3 is 30.6 Å². The molecule has 7 heteroatoms. The van der Waals surface area contributed by atoms with E-state index in [9.17, 15) is 15.0 Å². The molecule has 5 N–H and O–H groups in total. The third-order valence-electron chi connectivity index (χ3n) is 4.97. The number of benzene rings is 3. The summed E-state index contributed by atoms with van der Waals surface area (Å²) in [6, 6.07) is 18.6. The van der Waals surface area contributed by atoms with Gasteiger partial charge in [0.25, 0.3) is 0 Å². The molecule has 154 valence electrons. The summed E-state index contributed by atoms with van der Waals surface area (Å²) in [5, 5.41) is 28.0. The molecule has 7 nitrogen and oxygen atoms in total. The molecule has 0 spiro atoms. The summed E-state index contributed by atoms with van der Waals surface area (Å²) in [4.78, 5) is 14.1. The van der Waals surface area contributed by atoms with Crippen molar-refractivity contribution >= 4 is 33.9 Å². The third kappa shape index (κ3) is 4.22. The summed E-state index contributed by atoms with van der Waals surface area (Å²) >= 11 is 0. The molecule has 0 saturated carbocycles. The standard InChI is InChI=1S/C23H23N3O4/c27-14-25-20-8-5-15(28)11-19(20)23(29)13-24-9-10-30-16-6-7-18-17-3-1-2-4-21(17)26-22(18)12-16/h1-8,11-12,14,23-24,26,28-29H,9-10,13H2,(H,25,27). The van der Waals surface area contributed by atoms with E-state index in [2.05, 4.69) is 21.7 Å². The quantitative estimate of drug-likeness (QED) is 0.167. The summed E-state index contributed by atoms with van der Waals surface area (Å²) in [6.07, 6.45) is -0.351. The van der Waals surface area contributed by atoms with Crippen molar-refractivity contribution in [3.63, 3.8) is 0 Å². The van der Waals surface area contributed by atoms with Crippen molar-refractivity contribution in [2.24, 2.45) is 0 Å². The number of hydrogen-bond acceptors (Lipinski definition) is 5. The Labute approximate surface area is 173 Å². The van der Waals surface area contributed by atoms with Crippen molar-refractivity contribution in [2.45, 2.75) is 6.10 Å². The number of aromatic nitrogens is 1. The number of rotatable bonds is 9. The van der Waals surface area contributed by atoms with Gasteiger partial charge in [0.2, 0.25) is 6.41 Å². The second-order valence-electron chi connectivity index (χ2n) is 6.98. The van der Waals surface area contributed by atoms with Crippen LogP contribution in [0, 0.1) is 0 Å². The number of ether oxygens (including phenoxy) is 1. The molecule has 0 aliphatic rings. The molecule has 0 radical (unpaired) electrons. The largest absolute Gasteiger partial charge is 0.508 e. The Morgan fingerprint density at radius 3 is 2.73 bits per heavy atom. The van der Waals surface area contributed by atoms with Gasteiger partial charge in [0.15, 0.2) is 0 Å². The van der Waals surface area contributed by atoms with Gasteiger partial charge >= 0.3 is 0 Å². The van der Waals surface area contributed by atoms with Crippen molar-refractivity contribution in [1.82, 2.24) is 10.3 Å². The summed E-state index contributed by atoms with van der Waals surface area (Å²) in [6.45, 7) is 1.20. The minimum absolute atomic E-state index is 0.0243. The summed E-state index contributed by atoms with van der Waals surface area (Å²) in [5.41, 5.74) is 3.02. The highest BCUT2D eigenvalue weighted by molar-refractivity contribution is 6.07. The molecule has 30 heavy (non-hydrogen) atoms. The molecular formula is C23H23N3O4. The molecule has 3 aromatic carbocycles. The Balaban J connectivity index is 1.30. The maximum atomic E-state index is 10.7. The maximum absolute atomic E-state index is 10.7. The third-order valence-corrected chi connectivity index (χ3v) is 4.97. The van der Waals surface area contributed by atoms with Crippen LogP contribution in [0.5, 0.6) is 11.5 Å². The molecule has 4 rings (SSSR count). The molecule has 1 aromatic heterocycles. The topological polar surface area (TPSA) is 107 Å². The maximum Gasteiger partial charge on any atom is 0.211 e. The van der Waals surface area contributed by atoms with Crippen LogP contribution in [0.15, 0.2) is 60.7 Å². The second-order valence-corrected chi connectivity index (χ2v) is 6.98. The predicted molar refractivity (Wildman–Crippen MR) is 117 cm³/mol. The van der Waals surface area contributed by atoms with E-state index in [1.165, 1.54) is 17.5 Å². The fourth-order valence-electron chi connectivity index (χ4n) is 3.53. The van der Waals surface area contributed by atoms with E-state index in [1.807, 2.05) is 36.4 Å². The number of phenols is 1. The van der Waals surface area contributed by atoms with Crippen LogP contribution in [0.2, 0.25) is 0 Å². The van der Waals surface area contributed by atoms with E-state index in [1.54, 1.807) is 6.07 Å². The first-order valence-corrected chi connectivity index (χ1v) is 9.71. The van der Waals surface area contributed by atoms with Crippen molar-refractivity contribution in [1.29, 1.82) is 0 Å². The van der Waals surface area contributed by atoms with Gasteiger partial charge in [0.05, 0.1) is 11.6 Å². The van der Waals surface area contributed by atoms with E-state index in [4.69, 9.17) is 4.74 Å². The number of carbonyl (C=O) groups is 1. The molecule has 0 aliphatic heterocycles. The lowest BCUT2D eigenvalue weighted by atomic mass is 10.1. The lowest BCUT2D eigenvalue weighted by Crippen LogP contribution is -2.26. The highest BCUT2D eigenvalue weighted by Crippen LogP contribution is 2.28. The second kappa shape index (κ2) is 8.86. The molecular weight excluding hydrogens is 382 g/mol. The monoisotopic (exact) mass is 405 g/mol. The fourth-order valence-corrected chi connectivity index (χ4v) is 3.53. The summed E-state index contributed by atoms with van der Waals surface area (Å²) in [7, 11) is 0. The lowest BCUT2D eigenvalue weighted by Gasteiger charge is -2.16. The number of phenolic OH excluding ortho intramolecular Hbond substituents is 1. The summed E-state index contributed by atoms with van der Waals surface area (Å²) < 4.78 is 5.82. The number of fused-ring (bicyclic) bond motifs is 3. The van der Waals surface area contributed by atoms with E-state index < -0.39 is 6.10 Å². The number of para-hydroxylation sites is 1. The van der Waals surface area contributed by atoms with Gasteiger partial charge in [-0.1, -0.05) is 18.2 Å². The highest BCUT2D eigenvalue weighted by Gasteiger charge is 2.13. The van der Waals surface area contributed by atoms with Gasteiger partial charge in [-0.15, -0.1) is 0 Å². The van der Waals surface area contributed by atoms with Crippen LogP contribution in [0.1, 0.15) is 11.7 Å². The van der Waals surface area contributed by atoms with E-state index >= 15 is 0 Å². The molecule has 0 saturated heterocycles. The Bertz CT molecular complexity index is 1170. The van der Waals surface area contributed by atoms with Crippen LogP contribution in [0.3, 0.4) is 0 Å². The van der Waals surface area contributed by atoms with Gasteiger partial charge in [0.1, 0.15) is 18.1 Å². The van der Waals surface area contributed by atoms with Crippen molar-refractivity contribution < 1.29 is 19.7 Å². The average molecular weight is 405 g/mol.